The number of ether oxygens (including phenoxy) is 3. The average Bonchev–Trinajstić information content (AvgIpc) is 2.76. The van der Waals surface area contributed by atoms with E-state index in [-0.39, 0.29) is 0 Å². The van der Waals surface area contributed by atoms with Crippen LogP contribution in [0.5, 0.6) is 0 Å². The van der Waals surface area contributed by atoms with Crippen molar-refractivity contribution in [3.05, 3.63) is 0 Å². The van der Waals surface area contributed by atoms with Crippen LogP contribution in [0.4, 0.5) is 0 Å². The van der Waals surface area contributed by atoms with Crippen LogP contribution < -0.4 is 0 Å². The van der Waals surface area contributed by atoms with Gasteiger partial charge < -0.3 is 50.0 Å². The summed E-state index contributed by atoms with van der Waals surface area (Å²) in [5, 5.41) is 67.2. The lowest BCUT2D eigenvalue weighted by Crippen LogP contribution is -2.60. The molecular formula is C12H22O10. The van der Waals surface area contributed by atoms with E-state index in [0.717, 1.165) is 0 Å². The van der Waals surface area contributed by atoms with Crippen LogP contribution in [0, 0.1) is 0 Å². The molecule has 130 valence electrons. The van der Waals surface area contributed by atoms with Gasteiger partial charge in [-0.15, -0.1) is 0 Å². The number of aliphatic hydroxyl groups is 7. The Bertz CT molecular complexity index is 364. The van der Waals surface area contributed by atoms with Crippen molar-refractivity contribution in [2.75, 3.05) is 6.61 Å². The minimum Gasteiger partial charge on any atom is -0.394 e. The van der Waals surface area contributed by atoms with E-state index in [1.165, 1.54) is 6.92 Å². The molecule has 0 aliphatic carbocycles. The highest BCUT2D eigenvalue weighted by Crippen LogP contribution is 2.30. The van der Waals surface area contributed by atoms with Crippen LogP contribution in [-0.2, 0) is 14.2 Å². The van der Waals surface area contributed by atoms with E-state index >= 15 is 0 Å². The quantitative estimate of drug-likeness (QED) is 0.268. The third kappa shape index (κ3) is 3.26. The van der Waals surface area contributed by atoms with Gasteiger partial charge in [-0.1, -0.05) is 0 Å². The summed E-state index contributed by atoms with van der Waals surface area (Å²) in [6, 6.07) is 0. The van der Waals surface area contributed by atoms with Crippen LogP contribution in [0.2, 0.25) is 0 Å². The fourth-order valence-corrected chi connectivity index (χ4v) is 2.56. The molecule has 0 aromatic heterocycles. The third-order valence-electron chi connectivity index (χ3n) is 3.86. The second-order valence-corrected chi connectivity index (χ2v) is 5.52. The summed E-state index contributed by atoms with van der Waals surface area (Å²) in [6.07, 6.45) is -14.0. The Morgan fingerprint density at radius 1 is 0.955 bits per heavy atom. The Morgan fingerprint density at radius 3 is 2.14 bits per heavy atom. The van der Waals surface area contributed by atoms with Crippen LogP contribution in [0.1, 0.15) is 6.92 Å². The second kappa shape index (κ2) is 7.01. The first-order valence-corrected chi connectivity index (χ1v) is 6.93. The van der Waals surface area contributed by atoms with Gasteiger partial charge in [0.05, 0.1) is 12.7 Å². The van der Waals surface area contributed by atoms with Gasteiger partial charge in [-0.2, -0.15) is 0 Å². The lowest BCUT2D eigenvalue weighted by molar-refractivity contribution is -0.319. The summed E-state index contributed by atoms with van der Waals surface area (Å²) in [4.78, 5) is 0. The van der Waals surface area contributed by atoms with Crippen LogP contribution in [0.3, 0.4) is 0 Å². The molecule has 0 aromatic carbocycles. The molecule has 0 unspecified atom stereocenters. The average molecular weight is 326 g/mol. The van der Waals surface area contributed by atoms with Gasteiger partial charge in [-0.05, 0) is 6.92 Å². The molecule has 10 atom stereocenters. The molecule has 2 aliphatic rings. The van der Waals surface area contributed by atoms with Crippen LogP contribution in [0.15, 0.2) is 0 Å². The Hall–Kier alpha value is -0.400. The predicted octanol–water partition coefficient (Wildman–Crippen LogP) is -4.37. The monoisotopic (exact) mass is 326 g/mol. The summed E-state index contributed by atoms with van der Waals surface area (Å²) in [6.45, 7) is 0.732. The Morgan fingerprint density at radius 2 is 1.59 bits per heavy atom. The summed E-state index contributed by atoms with van der Waals surface area (Å²) < 4.78 is 15.4. The Labute approximate surface area is 126 Å². The highest BCUT2D eigenvalue weighted by Gasteiger charge is 2.51. The van der Waals surface area contributed by atoms with Crippen LogP contribution in [0.25, 0.3) is 0 Å². The molecule has 0 spiro atoms. The fourth-order valence-electron chi connectivity index (χ4n) is 2.56. The second-order valence-electron chi connectivity index (χ2n) is 5.52. The van der Waals surface area contributed by atoms with Crippen molar-refractivity contribution in [3.63, 3.8) is 0 Å². The zero-order valence-corrected chi connectivity index (χ0v) is 11.8. The van der Waals surface area contributed by atoms with Gasteiger partial charge in [0.25, 0.3) is 0 Å². The van der Waals surface area contributed by atoms with Gasteiger partial charge in [0.1, 0.15) is 42.7 Å². The summed E-state index contributed by atoms with van der Waals surface area (Å²) in [5.41, 5.74) is 0. The standard InChI is InChI=1S/C12H22O10/c1-3(14)9-10(8(18)11(19)21-9)22-12-7(17)6(16)5(15)4(2-13)20-12/h3-19H,2H2,1H3/t3-,4-,5-,6+,7-,8-,9+,10-,11-,12-/m1/s1. The third-order valence-corrected chi connectivity index (χ3v) is 3.86. The first-order chi connectivity index (χ1) is 10.3. The van der Waals surface area contributed by atoms with E-state index in [1.807, 2.05) is 0 Å². The van der Waals surface area contributed by atoms with Gasteiger partial charge >= 0.3 is 0 Å². The fraction of sp³-hybridized carbons (Fsp3) is 1.00. The normalized spacial score (nSPS) is 51.0. The maximum absolute atomic E-state index is 9.87. The first kappa shape index (κ1) is 17.9. The van der Waals surface area contributed by atoms with E-state index in [2.05, 4.69) is 0 Å². The summed E-state index contributed by atoms with van der Waals surface area (Å²) in [5.74, 6) is 0. The Kier molecular flexibility index (Phi) is 5.72. The number of rotatable bonds is 4. The zero-order chi connectivity index (χ0) is 16.6. The first-order valence-electron chi connectivity index (χ1n) is 6.93. The van der Waals surface area contributed by atoms with Gasteiger partial charge in [0, 0.05) is 0 Å². The largest absolute Gasteiger partial charge is 0.394 e. The number of hydrogen-bond donors (Lipinski definition) is 7. The van der Waals surface area contributed by atoms with E-state index in [1.54, 1.807) is 0 Å². The minimum absolute atomic E-state index is 0.628. The molecule has 0 saturated carbocycles. The van der Waals surface area contributed by atoms with E-state index in [4.69, 9.17) is 19.3 Å². The maximum atomic E-state index is 9.87. The molecule has 2 heterocycles. The smallest absolute Gasteiger partial charge is 0.187 e. The molecule has 2 fully saturated rings. The van der Waals surface area contributed by atoms with Gasteiger partial charge in [0.2, 0.25) is 0 Å². The number of aliphatic hydroxyl groups excluding tert-OH is 7. The predicted molar refractivity (Wildman–Crippen MR) is 67.2 cm³/mol. The molecular weight excluding hydrogens is 304 g/mol. The van der Waals surface area contributed by atoms with Gasteiger partial charge in [-0.25, -0.2) is 0 Å². The molecule has 22 heavy (non-hydrogen) atoms. The van der Waals surface area contributed by atoms with Crippen molar-refractivity contribution in [2.24, 2.45) is 0 Å². The van der Waals surface area contributed by atoms with Crippen molar-refractivity contribution >= 4 is 0 Å². The van der Waals surface area contributed by atoms with Crippen molar-refractivity contribution in [1.82, 2.24) is 0 Å². The van der Waals surface area contributed by atoms with E-state index < -0.39 is 68.0 Å². The van der Waals surface area contributed by atoms with E-state index in [9.17, 15) is 30.6 Å². The van der Waals surface area contributed by atoms with Crippen molar-refractivity contribution in [1.29, 1.82) is 0 Å². The van der Waals surface area contributed by atoms with Gasteiger partial charge in [-0.3, -0.25) is 0 Å². The van der Waals surface area contributed by atoms with Crippen molar-refractivity contribution in [3.8, 4) is 0 Å². The van der Waals surface area contributed by atoms with Crippen molar-refractivity contribution < 1.29 is 50.0 Å². The molecule has 2 saturated heterocycles. The highest BCUT2D eigenvalue weighted by molar-refractivity contribution is 4.94. The van der Waals surface area contributed by atoms with Crippen LogP contribution in [-0.4, -0.2) is 104 Å². The lowest BCUT2D eigenvalue weighted by Gasteiger charge is -2.41. The van der Waals surface area contributed by atoms with E-state index in [0.29, 0.717) is 0 Å². The number of hydrogen-bond acceptors (Lipinski definition) is 10. The van der Waals surface area contributed by atoms with Gasteiger partial charge in [0.15, 0.2) is 12.6 Å². The molecule has 2 rings (SSSR count). The topological polar surface area (TPSA) is 169 Å². The van der Waals surface area contributed by atoms with Crippen LogP contribution >= 0.6 is 0 Å². The van der Waals surface area contributed by atoms with Crippen molar-refractivity contribution in [2.45, 2.75) is 68.3 Å². The molecule has 0 radical (unpaired) electrons. The molecule has 7 N–H and O–H groups in total. The molecule has 10 heteroatoms. The summed E-state index contributed by atoms with van der Waals surface area (Å²) in [7, 11) is 0. The lowest BCUT2D eigenvalue weighted by atomic mass is 9.99. The minimum atomic E-state index is -1.66. The molecule has 0 amide bonds. The highest BCUT2D eigenvalue weighted by atomic mass is 16.7. The molecule has 2 aliphatic heterocycles. The molecule has 0 aromatic rings. The molecule has 0 bridgehead atoms. The molecule has 10 nitrogen and oxygen atoms in total. The summed E-state index contributed by atoms with van der Waals surface area (Å²) >= 11 is 0. The Balaban J connectivity index is 2.10. The maximum Gasteiger partial charge on any atom is 0.187 e. The SMILES string of the molecule is C[C@@H](O)[C@@H]1O[C@@H](O)[C@H](O)[C@H]1O[C@H]1O[C@H](CO)[C@@H](O)[C@H](O)[C@H]1O. The zero-order valence-electron chi connectivity index (χ0n) is 11.8.